The van der Waals surface area contributed by atoms with Gasteiger partial charge in [0.1, 0.15) is 10.9 Å². The summed E-state index contributed by atoms with van der Waals surface area (Å²) >= 11 is 7.25. The van der Waals surface area contributed by atoms with Crippen molar-refractivity contribution < 1.29 is 19.0 Å². The van der Waals surface area contributed by atoms with E-state index >= 15 is 0 Å². The van der Waals surface area contributed by atoms with E-state index in [9.17, 15) is 4.79 Å². The van der Waals surface area contributed by atoms with E-state index in [4.69, 9.17) is 25.8 Å². The number of amides is 1. The first-order valence-electron chi connectivity index (χ1n) is 9.89. The van der Waals surface area contributed by atoms with Crippen LogP contribution in [0.25, 0.3) is 11.1 Å². The number of anilines is 1. The molecule has 0 aliphatic carbocycles. The molecule has 168 valence electrons. The number of aryl methyl sites for hydroxylation is 1. The molecule has 1 amide bonds. The molecule has 4 heterocycles. The quantitative estimate of drug-likeness (QED) is 0.510. The maximum absolute atomic E-state index is 13.1. The topological polar surface area (TPSA) is 108 Å². The van der Waals surface area contributed by atoms with Crippen LogP contribution in [0.4, 0.5) is 5.13 Å². The lowest BCUT2D eigenvalue weighted by molar-refractivity contribution is 0.102. The molecule has 1 saturated heterocycles. The number of rotatable bonds is 7. The molecule has 32 heavy (non-hydrogen) atoms. The van der Waals surface area contributed by atoms with Gasteiger partial charge in [-0.25, -0.2) is 4.98 Å². The summed E-state index contributed by atoms with van der Waals surface area (Å²) in [6.45, 7) is 5.81. The minimum Gasteiger partial charge on any atom is -0.494 e. The maximum Gasteiger partial charge on any atom is 0.295 e. The Balaban J connectivity index is 1.54. The Kier molecular flexibility index (Phi) is 6.54. The van der Waals surface area contributed by atoms with E-state index in [0.29, 0.717) is 46.0 Å². The lowest BCUT2D eigenvalue weighted by Gasteiger charge is -2.20. The van der Waals surface area contributed by atoms with Crippen molar-refractivity contribution in [3.05, 3.63) is 40.9 Å². The number of nitrogens with zero attached hydrogens (tertiary/aromatic N) is 4. The van der Waals surface area contributed by atoms with E-state index in [0.717, 1.165) is 30.1 Å². The Morgan fingerprint density at radius 2 is 2.12 bits per heavy atom. The zero-order chi connectivity index (χ0) is 22.7. The second-order valence-corrected chi connectivity index (χ2v) is 9.14. The molecule has 11 heteroatoms. The van der Waals surface area contributed by atoms with Crippen LogP contribution in [0.15, 0.2) is 24.5 Å². The van der Waals surface area contributed by atoms with Crippen LogP contribution in [0.3, 0.4) is 0 Å². The Morgan fingerprint density at radius 3 is 2.88 bits per heavy atom. The smallest absolute Gasteiger partial charge is 0.295 e. The number of hydrogen-bond acceptors (Lipinski definition) is 9. The van der Waals surface area contributed by atoms with Gasteiger partial charge in [-0.1, -0.05) is 23.6 Å². The normalized spacial score (nSPS) is 17.9. The molecule has 1 N–H and O–H groups in total. The van der Waals surface area contributed by atoms with Crippen LogP contribution in [-0.2, 0) is 4.74 Å². The molecule has 1 fully saturated rings. The summed E-state index contributed by atoms with van der Waals surface area (Å²) < 4.78 is 16.6. The number of halogens is 1. The van der Waals surface area contributed by atoms with Crippen molar-refractivity contribution in [1.29, 1.82) is 0 Å². The third kappa shape index (κ3) is 4.98. The number of pyridine rings is 2. The van der Waals surface area contributed by atoms with Crippen molar-refractivity contribution >= 4 is 34.0 Å². The number of ether oxygens (including phenoxy) is 3. The van der Waals surface area contributed by atoms with E-state index in [2.05, 4.69) is 32.4 Å². The van der Waals surface area contributed by atoms with E-state index in [1.165, 1.54) is 19.5 Å². The molecule has 0 unspecified atom stereocenters. The first kappa shape index (κ1) is 22.4. The van der Waals surface area contributed by atoms with Gasteiger partial charge >= 0.3 is 0 Å². The highest BCUT2D eigenvalue weighted by molar-refractivity contribution is 7.17. The van der Waals surface area contributed by atoms with Gasteiger partial charge in [0, 0.05) is 35.0 Å². The Bertz CT molecular complexity index is 1130. The number of hydrogen-bond donors (Lipinski definition) is 1. The summed E-state index contributed by atoms with van der Waals surface area (Å²) in [5.41, 5.74) is 2.29. The number of methoxy groups -OCH3 is 1. The number of carbonyl (C=O) groups excluding carboxylic acids is 1. The molecule has 3 aromatic rings. The van der Waals surface area contributed by atoms with Gasteiger partial charge in [-0.3, -0.25) is 15.1 Å². The van der Waals surface area contributed by atoms with Crippen molar-refractivity contribution in [2.45, 2.75) is 20.3 Å². The fraction of sp³-hybridized carbons (Fsp3) is 0.381. The largest absolute Gasteiger partial charge is 0.494 e. The summed E-state index contributed by atoms with van der Waals surface area (Å²) in [5, 5.41) is 11.8. The van der Waals surface area contributed by atoms with Gasteiger partial charge < -0.3 is 14.2 Å². The van der Waals surface area contributed by atoms with Gasteiger partial charge in [0.25, 0.3) is 11.1 Å². The Labute approximate surface area is 194 Å². The molecule has 0 saturated carbocycles. The van der Waals surface area contributed by atoms with E-state index in [1.807, 2.05) is 6.92 Å². The molecular weight excluding hydrogens is 454 g/mol. The fourth-order valence-corrected chi connectivity index (χ4v) is 4.04. The van der Waals surface area contributed by atoms with Gasteiger partial charge in [-0.05, 0) is 36.8 Å². The molecule has 1 aliphatic heterocycles. The standard InChI is InChI=1S/C21H22ClN5O4S/c1-12-6-13(14-7-17(22)24-9-16(14)29-3)15(8-23-12)18(28)25-19-26-27-20(32-19)31-11-21(2)4-5-30-10-21/h6-9H,4-5,10-11H2,1-3H3,(H,25,26,28)/t21-/m1/s1. The zero-order valence-corrected chi connectivity index (χ0v) is 19.4. The van der Waals surface area contributed by atoms with Gasteiger partial charge in [0.2, 0.25) is 5.13 Å². The van der Waals surface area contributed by atoms with E-state index in [1.54, 1.807) is 12.1 Å². The van der Waals surface area contributed by atoms with Crippen molar-refractivity contribution in [3.8, 4) is 22.1 Å². The Hall–Kier alpha value is -2.82. The summed E-state index contributed by atoms with van der Waals surface area (Å²) in [6.07, 6.45) is 3.95. The monoisotopic (exact) mass is 475 g/mol. The third-order valence-electron chi connectivity index (χ3n) is 5.10. The lowest BCUT2D eigenvalue weighted by atomic mass is 9.91. The zero-order valence-electron chi connectivity index (χ0n) is 17.8. The molecule has 9 nitrogen and oxygen atoms in total. The summed E-state index contributed by atoms with van der Waals surface area (Å²) in [6, 6.07) is 3.44. The van der Waals surface area contributed by atoms with Crippen molar-refractivity contribution in [3.63, 3.8) is 0 Å². The van der Waals surface area contributed by atoms with Crippen LogP contribution >= 0.6 is 22.9 Å². The molecule has 4 rings (SSSR count). The first-order chi connectivity index (χ1) is 15.4. The molecule has 0 radical (unpaired) electrons. The summed E-state index contributed by atoms with van der Waals surface area (Å²) in [7, 11) is 1.53. The van der Waals surface area contributed by atoms with E-state index < -0.39 is 0 Å². The second-order valence-electron chi connectivity index (χ2n) is 7.81. The predicted molar refractivity (Wildman–Crippen MR) is 121 cm³/mol. The molecular formula is C21H22ClN5O4S. The van der Waals surface area contributed by atoms with Gasteiger partial charge in [-0.15, -0.1) is 5.10 Å². The molecule has 1 atom stereocenters. The van der Waals surface area contributed by atoms with Gasteiger partial charge in [0.05, 0.1) is 32.1 Å². The van der Waals surface area contributed by atoms with Crippen LogP contribution in [0.2, 0.25) is 5.15 Å². The second kappa shape index (κ2) is 9.35. The van der Waals surface area contributed by atoms with Crippen molar-refractivity contribution in [1.82, 2.24) is 20.2 Å². The average Bonchev–Trinajstić information content (AvgIpc) is 3.41. The van der Waals surface area contributed by atoms with Crippen LogP contribution in [0, 0.1) is 12.3 Å². The molecule has 1 aliphatic rings. The van der Waals surface area contributed by atoms with Crippen LogP contribution in [0.5, 0.6) is 10.9 Å². The average molecular weight is 476 g/mol. The minimum atomic E-state index is -0.388. The first-order valence-corrected chi connectivity index (χ1v) is 11.1. The molecule has 0 bridgehead atoms. The minimum absolute atomic E-state index is 0.0393. The van der Waals surface area contributed by atoms with Crippen LogP contribution in [0.1, 0.15) is 29.4 Å². The number of aromatic nitrogens is 4. The highest BCUT2D eigenvalue weighted by atomic mass is 35.5. The van der Waals surface area contributed by atoms with Gasteiger partial charge in [0.15, 0.2) is 0 Å². The summed E-state index contributed by atoms with van der Waals surface area (Å²) in [4.78, 5) is 21.4. The number of carbonyl (C=O) groups is 1. The third-order valence-corrected chi connectivity index (χ3v) is 6.06. The van der Waals surface area contributed by atoms with Crippen molar-refractivity contribution in [2.75, 3.05) is 32.2 Å². The highest BCUT2D eigenvalue weighted by Crippen LogP contribution is 2.35. The summed E-state index contributed by atoms with van der Waals surface area (Å²) in [5.74, 6) is 0.103. The number of nitrogens with one attached hydrogen (secondary N) is 1. The molecule has 3 aromatic heterocycles. The van der Waals surface area contributed by atoms with Crippen LogP contribution < -0.4 is 14.8 Å². The molecule has 0 aromatic carbocycles. The maximum atomic E-state index is 13.1. The fourth-order valence-electron chi connectivity index (χ4n) is 3.30. The van der Waals surface area contributed by atoms with Crippen molar-refractivity contribution in [2.24, 2.45) is 5.41 Å². The van der Waals surface area contributed by atoms with E-state index in [-0.39, 0.29) is 16.5 Å². The predicted octanol–water partition coefficient (Wildman–Crippen LogP) is 4.02. The molecule has 0 spiro atoms. The van der Waals surface area contributed by atoms with Gasteiger partial charge in [-0.2, -0.15) is 0 Å². The Morgan fingerprint density at radius 1 is 1.28 bits per heavy atom. The van der Waals surface area contributed by atoms with Crippen LogP contribution in [-0.4, -0.2) is 53.0 Å². The highest BCUT2D eigenvalue weighted by Gasteiger charge is 2.31. The SMILES string of the molecule is COc1cnc(Cl)cc1-c1cc(C)ncc1C(=O)Nc1nnc(OC[C@]2(C)CCOC2)s1. The lowest BCUT2D eigenvalue weighted by Crippen LogP contribution is -2.25.